The number of aromatic hydroxyl groups is 1. The Bertz CT molecular complexity index is 989. The predicted octanol–water partition coefficient (Wildman–Crippen LogP) is 2.77. The maximum Gasteiger partial charge on any atom is 0.331 e. The lowest BCUT2D eigenvalue weighted by Gasteiger charge is -2.18. The first-order chi connectivity index (χ1) is 12.6. The van der Waals surface area contributed by atoms with Gasteiger partial charge in [-0.1, -0.05) is 18.2 Å². The highest BCUT2D eigenvalue weighted by Gasteiger charge is 2.22. The summed E-state index contributed by atoms with van der Waals surface area (Å²) >= 11 is 0. The Hall–Kier alpha value is -2.76. The molecule has 3 aromatic rings. The Labute approximate surface area is 152 Å². The Morgan fingerprint density at radius 2 is 2.04 bits per heavy atom. The van der Waals surface area contributed by atoms with Gasteiger partial charge in [-0.15, -0.1) is 0 Å². The lowest BCUT2D eigenvalue weighted by Crippen LogP contribution is -2.24. The minimum absolute atomic E-state index is 0.0699. The first-order valence-corrected chi connectivity index (χ1v) is 9.23. The maximum atomic E-state index is 12.3. The van der Waals surface area contributed by atoms with Gasteiger partial charge >= 0.3 is 5.69 Å². The third-order valence-corrected chi connectivity index (χ3v) is 5.20. The topological polar surface area (TPSA) is 63.3 Å². The fourth-order valence-corrected chi connectivity index (χ4v) is 3.71. The van der Waals surface area contributed by atoms with Crippen LogP contribution in [0.2, 0.25) is 0 Å². The molecule has 0 saturated carbocycles. The van der Waals surface area contributed by atoms with Gasteiger partial charge in [-0.25, -0.2) is 9.78 Å². The smallest absolute Gasteiger partial charge is 0.331 e. The molecule has 0 aliphatic carbocycles. The molecule has 1 N–H and O–H groups in total. The number of pyridine rings is 1. The number of nitrogens with zero attached hydrogens (tertiary/aromatic N) is 4. The molecule has 0 radical (unpaired) electrons. The van der Waals surface area contributed by atoms with E-state index in [0.717, 1.165) is 61.2 Å². The van der Waals surface area contributed by atoms with Crippen molar-refractivity contribution in [3.63, 3.8) is 0 Å². The van der Waals surface area contributed by atoms with Crippen LogP contribution in [0.15, 0.2) is 41.2 Å². The van der Waals surface area contributed by atoms with Gasteiger partial charge in [0, 0.05) is 32.1 Å². The van der Waals surface area contributed by atoms with E-state index in [9.17, 15) is 9.90 Å². The molecule has 0 fully saturated rings. The summed E-state index contributed by atoms with van der Waals surface area (Å²) in [6.45, 7) is 2.14. The number of hydrogen-bond donors (Lipinski definition) is 1. The third kappa shape index (κ3) is 2.96. The third-order valence-electron chi connectivity index (χ3n) is 5.20. The van der Waals surface area contributed by atoms with E-state index in [1.54, 1.807) is 4.57 Å². The van der Waals surface area contributed by atoms with Crippen molar-refractivity contribution in [2.24, 2.45) is 0 Å². The molecule has 6 nitrogen and oxygen atoms in total. The number of fused-ring (bicyclic) bond motifs is 2. The average molecular weight is 352 g/mol. The number of anilines is 1. The number of imidazole rings is 1. The quantitative estimate of drug-likeness (QED) is 0.693. The zero-order valence-corrected chi connectivity index (χ0v) is 15.1. The van der Waals surface area contributed by atoms with Gasteiger partial charge in [0.2, 0.25) is 5.88 Å². The molecule has 3 heterocycles. The molecule has 1 aromatic carbocycles. The maximum absolute atomic E-state index is 12.3. The van der Waals surface area contributed by atoms with Crippen molar-refractivity contribution in [2.75, 3.05) is 18.5 Å². The summed E-state index contributed by atoms with van der Waals surface area (Å²) in [5, 5.41) is 11.4. The van der Waals surface area contributed by atoms with E-state index in [4.69, 9.17) is 4.98 Å². The van der Waals surface area contributed by atoms with E-state index < -0.39 is 0 Å². The molecule has 0 unspecified atom stereocenters. The summed E-state index contributed by atoms with van der Waals surface area (Å²) in [5.41, 5.74) is 1.73. The van der Waals surface area contributed by atoms with Crippen molar-refractivity contribution in [1.29, 1.82) is 0 Å². The molecule has 0 amide bonds. The van der Waals surface area contributed by atoms with Crippen LogP contribution in [0.25, 0.3) is 10.9 Å². The minimum Gasteiger partial charge on any atom is -0.493 e. The molecular formula is C20H24N4O2. The van der Waals surface area contributed by atoms with E-state index in [1.165, 1.54) is 4.57 Å². The van der Waals surface area contributed by atoms with Crippen LogP contribution in [0.3, 0.4) is 0 Å². The zero-order chi connectivity index (χ0) is 18.1. The van der Waals surface area contributed by atoms with Crippen LogP contribution >= 0.6 is 0 Å². The molecule has 6 heteroatoms. The number of rotatable bonds is 6. The molecule has 1 aliphatic rings. The zero-order valence-electron chi connectivity index (χ0n) is 15.1. The van der Waals surface area contributed by atoms with Gasteiger partial charge in [-0.2, -0.15) is 0 Å². The van der Waals surface area contributed by atoms with Crippen LogP contribution in [0.4, 0.5) is 5.82 Å². The second-order valence-electron chi connectivity index (χ2n) is 6.95. The largest absolute Gasteiger partial charge is 0.493 e. The van der Waals surface area contributed by atoms with Gasteiger partial charge in [0.05, 0.1) is 11.2 Å². The second-order valence-corrected chi connectivity index (χ2v) is 6.95. The molecular weight excluding hydrogens is 328 g/mol. The van der Waals surface area contributed by atoms with Gasteiger partial charge < -0.3 is 10.0 Å². The van der Waals surface area contributed by atoms with Gasteiger partial charge in [-0.05, 0) is 43.9 Å². The Kier molecular flexibility index (Phi) is 4.41. The summed E-state index contributed by atoms with van der Waals surface area (Å²) in [5.74, 6) is 1.11. The van der Waals surface area contributed by atoms with Crippen molar-refractivity contribution in [3.05, 3.63) is 52.6 Å². The van der Waals surface area contributed by atoms with Gasteiger partial charge in [0.1, 0.15) is 5.82 Å². The van der Waals surface area contributed by atoms with Crippen molar-refractivity contribution >= 4 is 16.7 Å². The number of benzene rings is 1. The standard InChI is InChI=1S/C20H24N4O2/c1-22(18-11-10-15-7-2-3-8-16(15)21-18)12-4-5-13-24-19(25)17-9-6-14-23(17)20(24)26/h2-3,7-8,10-11,25H,4-6,9,12-14H2,1H3. The first-order valence-electron chi connectivity index (χ1n) is 9.23. The Morgan fingerprint density at radius 1 is 1.19 bits per heavy atom. The normalized spacial score (nSPS) is 13.3. The molecule has 4 rings (SSSR count). The number of aromatic nitrogens is 3. The molecule has 26 heavy (non-hydrogen) atoms. The molecule has 136 valence electrons. The van der Waals surface area contributed by atoms with Crippen LogP contribution < -0.4 is 10.6 Å². The van der Waals surface area contributed by atoms with E-state index in [1.807, 2.05) is 31.3 Å². The monoisotopic (exact) mass is 352 g/mol. The van der Waals surface area contributed by atoms with E-state index in [-0.39, 0.29) is 11.6 Å². The predicted molar refractivity (Wildman–Crippen MR) is 103 cm³/mol. The van der Waals surface area contributed by atoms with Crippen molar-refractivity contribution in [1.82, 2.24) is 14.1 Å². The fraction of sp³-hybridized carbons (Fsp3) is 0.400. The lowest BCUT2D eigenvalue weighted by molar-refractivity contribution is 0.402. The van der Waals surface area contributed by atoms with Gasteiger partial charge in [0.15, 0.2) is 0 Å². The molecule has 0 bridgehead atoms. The number of unbranched alkanes of at least 4 members (excludes halogenated alkanes) is 1. The van der Waals surface area contributed by atoms with Crippen LogP contribution in [0.1, 0.15) is 25.0 Å². The first kappa shape index (κ1) is 16.7. The summed E-state index contributed by atoms with van der Waals surface area (Å²) in [6, 6.07) is 12.2. The summed E-state index contributed by atoms with van der Waals surface area (Å²) in [4.78, 5) is 19.1. The highest BCUT2D eigenvalue weighted by Crippen LogP contribution is 2.23. The average Bonchev–Trinajstić information content (AvgIpc) is 3.23. The van der Waals surface area contributed by atoms with Crippen molar-refractivity contribution in [3.8, 4) is 5.88 Å². The van der Waals surface area contributed by atoms with Crippen LogP contribution in [0, 0.1) is 0 Å². The summed E-state index contributed by atoms with van der Waals surface area (Å²) in [6.07, 6.45) is 3.51. The lowest BCUT2D eigenvalue weighted by atomic mass is 10.2. The summed E-state index contributed by atoms with van der Waals surface area (Å²) in [7, 11) is 2.04. The van der Waals surface area contributed by atoms with E-state index in [0.29, 0.717) is 6.54 Å². The van der Waals surface area contributed by atoms with Crippen molar-refractivity contribution < 1.29 is 5.11 Å². The second kappa shape index (κ2) is 6.86. The fourth-order valence-electron chi connectivity index (χ4n) is 3.71. The van der Waals surface area contributed by atoms with Crippen LogP contribution in [0.5, 0.6) is 5.88 Å². The highest BCUT2D eigenvalue weighted by atomic mass is 16.3. The molecule has 1 aliphatic heterocycles. The van der Waals surface area contributed by atoms with Crippen molar-refractivity contribution in [2.45, 2.75) is 38.8 Å². The van der Waals surface area contributed by atoms with Gasteiger partial charge in [0.25, 0.3) is 0 Å². The van der Waals surface area contributed by atoms with E-state index >= 15 is 0 Å². The molecule has 0 atom stereocenters. The number of para-hydroxylation sites is 1. The minimum atomic E-state index is -0.0699. The Balaban J connectivity index is 1.35. The SMILES string of the molecule is CN(CCCCn1c(O)c2n(c1=O)CCC2)c1ccc2ccccc2n1. The molecule has 0 spiro atoms. The van der Waals surface area contributed by atoms with Crippen LogP contribution in [-0.2, 0) is 19.5 Å². The summed E-state index contributed by atoms with van der Waals surface area (Å²) < 4.78 is 3.23. The molecule has 2 aromatic heterocycles. The highest BCUT2D eigenvalue weighted by molar-refractivity contribution is 5.80. The van der Waals surface area contributed by atoms with Gasteiger partial charge in [-0.3, -0.25) is 9.13 Å². The van der Waals surface area contributed by atoms with E-state index in [2.05, 4.69) is 17.0 Å². The number of hydrogen-bond acceptors (Lipinski definition) is 4. The van der Waals surface area contributed by atoms with Crippen LogP contribution in [-0.4, -0.2) is 32.8 Å². The Morgan fingerprint density at radius 3 is 2.88 bits per heavy atom. The molecule has 0 saturated heterocycles.